The molecule has 0 aliphatic carbocycles. The SMILES string of the molecule is CNC(c1cncc(C)c1)c1ccc2nc(C)ccc2c1. The summed E-state index contributed by atoms with van der Waals surface area (Å²) in [6.45, 7) is 4.08. The van der Waals surface area contributed by atoms with Gasteiger partial charge in [0.1, 0.15) is 0 Å². The topological polar surface area (TPSA) is 37.8 Å². The Hall–Kier alpha value is -2.26. The van der Waals surface area contributed by atoms with Gasteiger partial charge in [0, 0.05) is 23.5 Å². The van der Waals surface area contributed by atoms with Gasteiger partial charge >= 0.3 is 0 Å². The number of fused-ring (bicyclic) bond motifs is 1. The molecule has 0 aliphatic rings. The molecule has 1 aromatic carbocycles. The lowest BCUT2D eigenvalue weighted by molar-refractivity contribution is 0.689. The minimum Gasteiger partial charge on any atom is -0.309 e. The molecule has 0 saturated carbocycles. The molecular formula is C18H19N3. The van der Waals surface area contributed by atoms with Crippen LogP contribution in [0.15, 0.2) is 48.8 Å². The Balaban J connectivity index is 2.06. The van der Waals surface area contributed by atoms with E-state index < -0.39 is 0 Å². The van der Waals surface area contributed by atoms with Crippen LogP contribution in [0.2, 0.25) is 0 Å². The second kappa shape index (κ2) is 5.62. The number of nitrogens with zero attached hydrogens (tertiary/aromatic N) is 2. The van der Waals surface area contributed by atoms with E-state index in [0.29, 0.717) is 0 Å². The molecule has 1 N–H and O–H groups in total. The summed E-state index contributed by atoms with van der Waals surface area (Å²) >= 11 is 0. The molecular weight excluding hydrogens is 258 g/mol. The predicted molar refractivity (Wildman–Crippen MR) is 86.4 cm³/mol. The summed E-state index contributed by atoms with van der Waals surface area (Å²) in [7, 11) is 1.98. The minimum atomic E-state index is 0.142. The first-order valence-corrected chi connectivity index (χ1v) is 7.13. The average molecular weight is 277 g/mol. The molecule has 0 amide bonds. The van der Waals surface area contributed by atoms with Crippen molar-refractivity contribution in [1.82, 2.24) is 15.3 Å². The van der Waals surface area contributed by atoms with Crippen molar-refractivity contribution in [3.8, 4) is 0 Å². The normalized spacial score (nSPS) is 12.5. The van der Waals surface area contributed by atoms with Crippen molar-refractivity contribution in [1.29, 1.82) is 0 Å². The van der Waals surface area contributed by atoms with E-state index in [1.54, 1.807) is 0 Å². The Bertz CT molecular complexity index is 780. The molecule has 3 rings (SSSR count). The fourth-order valence-corrected chi connectivity index (χ4v) is 2.69. The van der Waals surface area contributed by atoms with Crippen molar-refractivity contribution >= 4 is 10.9 Å². The number of hydrogen-bond donors (Lipinski definition) is 1. The van der Waals surface area contributed by atoms with Crippen LogP contribution in [0.4, 0.5) is 0 Å². The first kappa shape index (κ1) is 13.7. The summed E-state index contributed by atoms with van der Waals surface area (Å²) in [5.74, 6) is 0. The standard InChI is InChI=1S/C18H19N3/c1-12-8-16(11-20-10-12)18(19-3)15-6-7-17-14(9-15)5-4-13(2)21-17/h4-11,18-19H,1-3H3. The molecule has 1 atom stereocenters. The van der Waals surface area contributed by atoms with Gasteiger partial charge in [0.05, 0.1) is 11.6 Å². The number of aryl methyl sites for hydroxylation is 2. The van der Waals surface area contributed by atoms with Crippen molar-refractivity contribution in [2.75, 3.05) is 7.05 Å². The zero-order valence-corrected chi connectivity index (χ0v) is 12.6. The van der Waals surface area contributed by atoms with E-state index in [9.17, 15) is 0 Å². The quantitative estimate of drug-likeness (QED) is 0.795. The van der Waals surface area contributed by atoms with Crippen LogP contribution in [-0.2, 0) is 0 Å². The van der Waals surface area contributed by atoms with Crippen LogP contribution >= 0.6 is 0 Å². The second-order valence-corrected chi connectivity index (χ2v) is 5.42. The average Bonchev–Trinajstić information content (AvgIpc) is 2.48. The molecule has 106 valence electrons. The summed E-state index contributed by atoms with van der Waals surface area (Å²) in [6.07, 6.45) is 3.80. The zero-order valence-electron chi connectivity index (χ0n) is 12.6. The minimum absolute atomic E-state index is 0.142. The van der Waals surface area contributed by atoms with Crippen molar-refractivity contribution in [2.24, 2.45) is 0 Å². The number of hydrogen-bond acceptors (Lipinski definition) is 3. The molecule has 0 aliphatic heterocycles. The molecule has 0 fully saturated rings. The van der Waals surface area contributed by atoms with Gasteiger partial charge in [-0.1, -0.05) is 18.2 Å². The molecule has 0 saturated heterocycles. The first-order valence-electron chi connectivity index (χ1n) is 7.13. The third kappa shape index (κ3) is 2.78. The van der Waals surface area contributed by atoms with E-state index in [4.69, 9.17) is 0 Å². The molecule has 1 unspecified atom stereocenters. The Morgan fingerprint density at radius 3 is 2.57 bits per heavy atom. The van der Waals surface area contributed by atoms with Crippen molar-refractivity contribution in [3.63, 3.8) is 0 Å². The van der Waals surface area contributed by atoms with Gasteiger partial charge in [0.2, 0.25) is 0 Å². The molecule has 2 heterocycles. The number of rotatable bonds is 3. The number of pyridine rings is 2. The molecule has 0 spiro atoms. The van der Waals surface area contributed by atoms with Crippen LogP contribution < -0.4 is 5.32 Å². The van der Waals surface area contributed by atoms with Crippen molar-refractivity contribution in [3.05, 3.63) is 71.2 Å². The lowest BCUT2D eigenvalue weighted by Gasteiger charge is -2.18. The largest absolute Gasteiger partial charge is 0.309 e. The third-order valence-corrected chi connectivity index (χ3v) is 3.70. The monoisotopic (exact) mass is 277 g/mol. The van der Waals surface area contributed by atoms with Gasteiger partial charge in [-0.2, -0.15) is 0 Å². The highest BCUT2D eigenvalue weighted by Crippen LogP contribution is 2.25. The Labute approximate surface area is 125 Å². The number of aromatic nitrogens is 2. The summed E-state index contributed by atoms with van der Waals surface area (Å²) < 4.78 is 0. The Morgan fingerprint density at radius 1 is 0.952 bits per heavy atom. The number of nitrogens with one attached hydrogen (secondary N) is 1. The summed E-state index contributed by atoms with van der Waals surface area (Å²) in [5.41, 5.74) is 5.66. The van der Waals surface area contributed by atoms with E-state index in [2.05, 4.69) is 58.6 Å². The zero-order chi connectivity index (χ0) is 14.8. The fourth-order valence-electron chi connectivity index (χ4n) is 2.69. The van der Waals surface area contributed by atoms with Gasteiger partial charge in [-0.25, -0.2) is 0 Å². The van der Waals surface area contributed by atoms with Gasteiger partial charge < -0.3 is 5.32 Å². The van der Waals surface area contributed by atoms with E-state index in [1.165, 1.54) is 22.1 Å². The van der Waals surface area contributed by atoms with E-state index in [0.717, 1.165) is 11.2 Å². The summed E-state index contributed by atoms with van der Waals surface area (Å²) in [5, 5.41) is 4.54. The first-order chi connectivity index (χ1) is 10.2. The molecule has 3 heteroatoms. The predicted octanol–water partition coefficient (Wildman–Crippen LogP) is 3.56. The van der Waals surface area contributed by atoms with E-state index in [-0.39, 0.29) is 6.04 Å². The lowest BCUT2D eigenvalue weighted by Crippen LogP contribution is -2.18. The van der Waals surface area contributed by atoms with Crippen LogP contribution in [0.1, 0.15) is 28.4 Å². The van der Waals surface area contributed by atoms with Crippen LogP contribution in [-0.4, -0.2) is 17.0 Å². The van der Waals surface area contributed by atoms with Crippen molar-refractivity contribution in [2.45, 2.75) is 19.9 Å². The van der Waals surface area contributed by atoms with Crippen molar-refractivity contribution < 1.29 is 0 Å². The molecule has 0 bridgehead atoms. The van der Waals surface area contributed by atoms with Crippen LogP contribution in [0, 0.1) is 13.8 Å². The smallest absolute Gasteiger partial charge is 0.0705 e. The summed E-state index contributed by atoms with van der Waals surface area (Å²) in [4.78, 5) is 8.86. The van der Waals surface area contributed by atoms with Gasteiger partial charge in [0.15, 0.2) is 0 Å². The maximum Gasteiger partial charge on any atom is 0.0705 e. The van der Waals surface area contributed by atoms with Crippen LogP contribution in [0.5, 0.6) is 0 Å². The molecule has 21 heavy (non-hydrogen) atoms. The number of benzene rings is 1. The van der Waals surface area contributed by atoms with E-state index in [1.807, 2.05) is 26.4 Å². The lowest BCUT2D eigenvalue weighted by atomic mass is 9.98. The Kier molecular flexibility index (Phi) is 3.67. The van der Waals surface area contributed by atoms with Gasteiger partial charge in [-0.15, -0.1) is 0 Å². The summed E-state index contributed by atoms with van der Waals surface area (Å²) in [6, 6.07) is 12.9. The van der Waals surface area contributed by atoms with Gasteiger partial charge in [-0.05, 0) is 55.8 Å². The fraction of sp³-hybridized carbons (Fsp3) is 0.222. The second-order valence-electron chi connectivity index (χ2n) is 5.42. The highest BCUT2D eigenvalue weighted by atomic mass is 14.9. The molecule has 3 aromatic rings. The van der Waals surface area contributed by atoms with Crippen LogP contribution in [0.25, 0.3) is 10.9 Å². The van der Waals surface area contributed by atoms with Crippen LogP contribution in [0.3, 0.4) is 0 Å². The highest BCUT2D eigenvalue weighted by molar-refractivity contribution is 5.79. The van der Waals surface area contributed by atoms with Gasteiger partial charge in [0.25, 0.3) is 0 Å². The Morgan fingerprint density at radius 2 is 1.81 bits per heavy atom. The maximum atomic E-state index is 4.56. The molecule has 2 aromatic heterocycles. The molecule has 3 nitrogen and oxygen atoms in total. The third-order valence-electron chi connectivity index (χ3n) is 3.70. The van der Waals surface area contributed by atoms with Gasteiger partial charge in [-0.3, -0.25) is 9.97 Å². The van der Waals surface area contributed by atoms with E-state index >= 15 is 0 Å². The highest BCUT2D eigenvalue weighted by Gasteiger charge is 2.13. The maximum absolute atomic E-state index is 4.56. The molecule has 0 radical (unpaired) electrons.